The van der Waals surface area contributed by atoms with E-state index in [0.29, 0.717) is 28.6 Å². The van der Waals surface area contributed by atoms with Gasteiger partial charge in [0.05, 0.1) is 13.3 Å². The Bertz CT molecular complexity index is 1130. The number of hydrogen-bond donors (Lipinski definition) is 2. The van der Waals surface area contributed by atoms with E-state index in [1.807, 2.05) is 6.07 Å². The molecule has 0 bridgehead atoms. The third-order valence-electron chi connectivity index (χ3n) is 4.00. The van der Waals surface area contributed by atoms with Gasteiger partial charge in [-0.15, -0.1) is 0 Å². The van der Waals surface area contributed by atoms with E-state index in [0.717, 1.165) is 4.47 Å². The van der Waals surface area contributed by atoms with Crippen molar-refractivity contribution in [3.8, 4) is 17.2 Å². The number of amides is 1. The third-order valence-corrected chi connectivity index (χ3v) is 4.49. The van der Waals surface area contributed by atoms with Crippen LogP contribution in [-0.4, -0.2) is 36.9 Å². The summed E-state index contributed by atoms with van der Waals surface area (Å²) in [5, 5.41) is 12.8. The number of nitrogens with zero attached hydrogens (tertiary/aromatic N) is 1. The zero-order valence-electron chi connectivity index (χ0n) is 16.9. The van der Waals surface area contributed by atoms with Gasteiger partial charge in [0.1, 0.15) is 18.1 Å². The van der Waals surface area contributed by atoms with Gasteiger partial charge in [-0.1, -0.05) is 22.0 Å². The van der Waals surface area contributed by atoms with Crippen LogP contribution in [0, 0.1) is 0 Å². The topological polar surface area (TPSA) is 120 Å². The molecule has 0 aliphatic heterocycles. The molecule has 3 rings (SSSR count). The second-order valence-corrected chi connectivity index (χ2v) is 7.22. The van der Waals surface area contributed by atoms with Gasteiger partial charge in [-0.05, 0) is 54.1 Å². The zero-order valence-corrected chi connectivity index (χ0v) is 18.5. The van der Waals surface area contributed by atoms with E-state index >= 15 is 0 Å². The number of methoxy groups -OCH3 is 1. The Morgan fingerprint density at radius 1 is 1.12 bits per heavy atom. The first-order valence-corrected chi connectivity index (χ1v) is 10.1. The lowest BCUT2D eigenvalue weighted by Gasteiger charge is -2.10. The van der Waals surface area contributed by atoms with E-state index in [2.05, 4.69) is 26.5 Å². The summed E-state index contributed by atoms with van der Waals surface area (Å²) in [6, 6.07) is 15.1. The van der Waals surface area contributed by atoms with E-state index in [-0.39, 0.29) is 19.0 Å². The van der Waals surface area contributed by atoms with Crippen LogP contribution in [0.5, 0.6) is 17.2 Å². The highest BCUT2D eigenvalue weighted by Gasteiger charge is 2.11. The fraction of sp³-hybridized carbons (Fsp3) is 0.136. The number of benzene rings is 2. The lowest BCUT2D eigenvalue weighted by atomic mass is 10.2. The van der Waals surface area contributed by atoms with Crippen molar-refractivity contribution in [1.29, 1.82) is 0 Å². The van der Waals surface area contributed by atoms with Gasteiger partial charge in [-0.3, -0.25) is 4.79 Å². The normalized spacial score (nSPS) is 10.7. The third kappa shape index (κ3) is 6.61. The molecule has 166 valence electrons. The first kappa shape index (κ1) is 22.9. The molecule has 0 radical (unpaired) electrons. The first-order valence-electron chi connectivity index (χ1n) is 9.27. The number of hydrazone groups is 1. The number of furan rings is 1. The van der Waals surface area contributed by atoms with Gasteiger partial charge >= 0.3 is 5.97 Å². The second kappa shape index (κ2) is 11.0. The minimum absolute atomic E-state index is 0.0329. The molecule has 2 N–H and O–H groups in total. The fourth-order valence-electron chi connectivity index (χ4n) is 2.52. The quantitative estimate of drug-likeness (QED) is 0.319. The summed E-state index contributed by atoms with van der Waals surface area (Å²) < 4.78 is 22.4. The fourth-order valence-corrected chi connectivity index (χ4v) is 2.90. The smallest absolute Gasteiger partial charge is 0.371 e. The van der Waals surface area contributed by atoms with E-state index in [1.165, 1.54) is 25.5 Å². The molecule has 1 heterocycles. The number of carboxylic acids is 1. The van der Waals surface area contributed by atoms with Gasteiger partial charge in [-0.2, -0.15) is 5.10 Å². The maximum absolute atomic E-state index is 11.9. The molecule has 1 amide bonds. The summed E-state index contributed by atoms with van der Waals surface area (Å²) >= 11 is 3.33. The van der Waals surface area contributed by atoms with Crippen LogP contribution in [-0.2, 0) is 11.4 Å². The van der Waals surface area contributed by atoms with Crippen LogP contribution in [0.1, 0.15) is 21.9 Å². The molecule has 0 saturated heterocycles. The molecular formula is C22H19BrN2O7. The van der Waals surface area contributed by atoms with Crippen molar-refractivity contribution in [1.82, 2.24) is 5.43 Å². The monoisotopic (exact) mass is 502 g/mol. The number of aromatic carboxylic acids is 1. The lowest BCUT2D eigenvalue weighted by Crippen LogP contribution is -2.24. The van der Waals surface area contributed by atoms with Crippen LogP contribution in [0.4, 0.5) is 0 Å². The summed E-state index contributed by atoms with van der Waals surface area (Å²) in [5.74, 6) is 0.0749. The van der Waals surface area contributed by atoms with E-state index in [1.54, 1.807) is 36.4 Å². The summed E-state index contributed by atoms with van der Waals surface area (Å²) in [6.45, 7) is -0.147. The van der Waals surface area contributed by atoms with Crippen LogP contribution >= 0.6 is 15.9 Å². The molecule has 0 saturated carbocycles. The number of carbonyl (C=O) groups excluding carboxylic acids is 1. The number of halogens is 1. The van der Waals surface area contributed by atoms with Crippen molar-refractivity contribution < 1.29 is 33.3 Å². The molecule has 1 aromatic heterocycles. The Hall–Kier alpha value is -3.79. The number of rotatable bonds is 10. The average molecular weight is 503 g/mol. The maximum atomic E-state index is 11.9. The molecule has 0 unspecified atom stereocenters. The Balaban J connectivity index is 1.52. The van der Waals surface area contributed by atoms with Gasteiger partial charge < -0.3 is 23.7 Å². The van der Waals surface area contributed by atoms with Crippen molar-refractivity contribution in [2.45, 2.75) is 6.61 Å². The first-order chi connectivity index (χ1) is 15.4. The number of nitrogens with one attached hydrogen (secondary N) is 1. The summed E-state index contributed by atoms with van der Waals surface area (Å²) in [4.78, 5) is 22.7. The molecular weight excluding hydrogens is 484 g/mol. The highest BCUT2D eigenvalue weighted by Crippen LogP contribution is 2.28. The summed E-state index contributed by atoms with van der Waals surface area (Å²) in [7, 11) is 1.49. The maximum Gasteiger partial charge on any atom is 0.371 e. The van der Waals surface area contributed by atoms with Gasteiger partial charge in [0.15, 0.2) is 18.1 Å². The van der Waals surface area contributed by atoms with Crippen molar-refractivity contribution in [3.05, 3.63) is 76.2 Å². The Morgan fingerprint density at radius 2 is 1.97 bits per heavy atom. The lowest BCUT2D eigenvalue weighted by molar-refractivity contribution is -0.123. The molecule has 9 nitrogen and oxygen atoms in total. The van der Waals surface area contributed by atoms with Crippen LogP contribution in [0.2, 0.25) is 0 Å². The van der Waals surface area contributed by atoms with Crippen molar-refractivity contribution in [2.75, 3.05) is 13.7 Å². The Labute approximate surface area is 191 Å². The van der Waals surface area contributed by atoms with Crippen LogP contribution < -0.4 is 19.6 Å². The molecule has 32 heavy (non-hydrogen) atoms. The molecule has 0 aliphatic rings. The van der Waals surface area contributed by atoms with Gasteiger partial charge in [0, 0.05) is 4.47 Å². The van der Waals surface area contributed by atoms with E-state index < -0.39 is 11.9 Å². The molecule has 10 heteroatoms. The molecule has 0 atom stereocenters. The van der Waals surface area contributed by atoms with Crippen molar-refractivity contribution in [2.24, 2.45) is 5.10 Å². The number of carbonyl (C=O) groups is 2. The Morgan fingerprint density at radius 3 is 2.69 bits per heavy atom. The number of hydrogen-bond acceptors (Lipinski definition) is 7. The minimum atomic E-state index is -1.15. The van der Waals surface area contributed by atoms with E-state index in [4.69, 9.17) is 23.7 Å². The highest BCUT2D eigenvalue weighted by atomic mass is 79.9. The van der Waals surface area contributed by atoms with E-state index in [9.17, 15) is 9.59 Å². The van der Waals surface area contributed by atoms with Gasteiger partial charge in [0.2, 0.25) is 5.76 Å². The second-order valence-electron chi connectivity index (χ2n) is 6.31. The molecule has 0 aliphatic carbocycles. The van der Waals surface area contributed by atoms with Crippen LogP contribution in [0.15, 0.2) is 68.6 Å². The standard InChI is InChI=1S/C22H19BrN2O7/c1-29-20-9-14(5-7-18(20)31-12-17-6-8-19(32-17)22(27)28)11-24-25-21(26)13-30-16-4-2-3-15(23)10-16/h2-11H,12-13H2,1H3,(H,25,26)(H,27,28)/b24-11+. The van der Waals surface area contributed by atoms with Crippen molar-refractivity contribution >= 4 is 34.0 Å². The highest BCUT2D eigenvalue weighted by molar-refractivity contribution is 9.10. The summed E-state index contributed by atoms with van der Waals surface area (Å²) in [6.07, 6.45) is 1.45. The molecule has 0 spiro atoms. The average Bonchev–Trinajstić information content (AvgIpc) is 3.26. The van der Waals surface area contributed by atoms with Crippen LogP contribution in [0.3, 0.4) is 0 Å². The van der Waals surface area contributed by atoms with Gasteiger partial charge in [0.25, 0.3) is 5.91 Å². The minimum Gasteiger partial charge on any atom is -0.493 e. The predicted molar refractivity (Wildman–Crippen MR) is 118 cm³/mol. The number of ether oxygens (including phenoxy) is 3. The molecule has 0 fully saturated rings. The zero-order chi connectivity index (χ0) is 22.9. The molecule has 3 aromatic rings. The predicted octanol–water partition coefficient (Wildman–Crippen LogP) is 3.86. The Kier molecular flexibility index (Phi) is 7.87. The van der Waals surface area contributed by atoms with Gasteiger partial charge in [-0.25, -0.2) is 10.2 Å². The SMILES string of the molecule is COc1cc(/C=N/NC(=O)COc2cccc(Br)c2)ccc1OCc1ccc(C(=O)O)o1. The largest absolute Gasteiger partial charge is 0.493 e. The summed E-state index contributed by atoms with van der Waals surface area (Å²) in [5.41, 5.74) is 3.05. The van der Waals surface area contributed by atoms with Crippen molar-refractivity contribution in [3.63, 3.8) is 0 Å². The number of carboxylic acid groups (broad SMARTS) is 1. The molecule has 2 aromatic carbocycles. The van der Waals surface area contributed by atoms with Crippen LogP contribution in [0.25, 0.3) is 0 Å².